The molecule has 0 saturated heterocycles. The summed E-state index contributed by atoms with van der Waals surface area (Å²) in [4.78, 5) is 15.1. The molecule has 0 unspecified atom stereocenters. The number of ether oxygens (including phenoxy) is 1. The van der Waals surface area contributed by atoms with Crippen molar-refractivity contribution >= 4 is 12.3 Å². The highest BCUT2D eigenvalue weighted by atomic mass is 16.5. The first-order valence-corrected chi connectivity index (χ1v) is 5.64. The standard InChI is InChI=1S/C15H13NO2/c17-15(16-11-13-7-3-1-4-8-13)18-12-14-9-5-2-6-10-14/h1-11H,12H2. The van der Waals surface area contributed by atoms with E-state index in [1.165, 1.54) is 6.21 Å². The topological polar surface area (TPSA) is 38.7 Å². The minimum Gasteiger partial charge on any atom is -0.443 e. The molecule has 0 N–H and O–H groups in total. The summed E-state index contributed by atoms with van der Waals surface area (Å²) in [6.45, 7) is 0.242. The van der Waals surface area contributed by atoms with E-state index >= 15 is 0 Å². The van der Waals surface area contributed by atoms with Crippen LogP contribution in [-0.4, -0.2) is 12.3 Å². The monoisotopic (exact) mass is 239 g/mol. The maximum Gasteiger partial charge on any atom is 0.433 e. The lowest BCUT2D eigenvalue weighted by molar-refractivity contribution is 0.151. The molecule has 0 bridgehead atoms. The van der Waals surface area contributed by atoms with Crippen LogP contribution in [0.1, 0.15) is 11.1 Å². The predicted octanol–water partition coefficient (Wildman–Crippen LogP) is 3.44. The summed E-state index contributed by atoms with van der Waals surface area (Å²) in [5, 5.41) is 0. The maximum atomic E-state index is 11.4. The van der Waals surface area contributed by atoms with Crippen molar-refractivity contribution in [1.82, 2.24) is 0 Å². The van der Waals surface area contributed by atoms with Crippen molar-refractivity contribution in [2.45, 2.75) is 6.61 Å². The van der Waals surface area contributed by atoms with Gasteiger partial charge in [-0.05, 0) is 11.1 Å². The van der Waals surface area contributed by atoms with E-state index in [4.69, 9.17) is 4.74 Å². The Kier molecular flexibility index (Phi) is 4.25. The van der Waals surface area contributed by atoms with Gasteiger partial charge in [0.05, 0.1) is 0 Å². The molecule has 0 atom stereocenters. The fourth-order valence-corrected chi connectivity index (χ4v) is 1.42. The highest BCUT2D eigenvalue weighted by Gasteiger charge is 1.99. The van der Waals surface area contributed by atoms with Gasteiger partial charge in [-0.25, -0.2) is 4.79 Å². The molecule has 0 aromatic heterocycles. The van der Waals surface area contributed by atoms with Crippen molar-refractivity contribution in [2.75, 3.05) is 0 Å². The molecule has 3 nitrogen and oxygen atoms in total. The van der Waals surface area contributed by atoms with Crippen LogP contribution in [-0.2, 0) is 11.3 Å². The van der Waals surface area contributed by atoms with Crippen LogP contribution < -0.4 is 0 Å². The van der Waals surface area contributed by atoms with Crippen molar-refractivity contribution in [2.24, 2.45) is 4.99 Å². The summed E-state index contributed by atoms with van der Waals surface area (Å²) in [7, 11) is 0. The van der Waals surface area contributed by atoms with Gasteiger partial charge < -0.3 is 4.74 Å². The SMILES string of the molecule is O=C(N=Cc1ccccc1)OCc1ccccc1. The van der Waals surface area contributed by atoms with Gasteiger partial charge in [0.2, 0.25) is 0 Å². The number of carbonyl (C=O) groups excluding carboxylic acids is 1. The fourth-order valence-electron chi connectivity index (χ4n) is 1.42. The Morgan fingerprint density at radius 1 is 1.00 bits per heavy atom. The van der Waals surface area contributed by atoms with E-state index in [1.807, 2.05) is 60.7 Å². The molecule has 0 saturated carbocycles. The molecule has 0 aliphatic carbocycles. The molecule has 1 amide bonds. The lowest BCUT2D eigenvalue weighted by atomic mass is 10.2. The highest BCUT2D eigenvalue weighted by Crippen LogP contribution is 2.01. The van der Waals surface area contributed by atoms with E-state index in [-0.39, 0.29) is 6.61 Å². The lowest BCUT2D eigenvalue weighted by Crippen LogP contribution is -1.99. The van der Waals surface area contributed by atoms with Crippen LogP contribution in [0.5, 0.6) is 0 Å². The molecule has 0 aliphatic heterocycles. The summed E-state index contributed by atoms with van der Waals surface area (Å²) in [5.74, 6) is 0. The van der Waals surface area contributed by atoms with Crippen LogP contribution in [0.4, 0.5) is 4.79 Å². The third-order valence-corrected chi connectivity index (χ3v) is 2.32. The molecular weight excluding hydrogens is 226 g/mol. The number of nitrogens with zero attached hydrogens (tertiary/aromatic N) is 1. The van der Waals surface area contributed by atoms with Crippen LogP contribution in [0.25, 0.3) is 0 Å². The Morgan fingerprint density at radius 2 is 1.61 bits per heavy atom. The van der Waals surface area contributed by atoms with E-state index < -0.39 is 6.09 Å². The quantitative estimate of drug-likeness (QED) is 0.769. The van der Waals surface area contributed by atoms with E-state index in [0.29, 0.717) is 0 Å². The molecule has 0 heterocycles. The summed E-state index contributed by atoms with van der Waals surface area (Å²) < 4.78 is 5.01. The molecule has 0 fully saturated rings. The molecule has 3 heteroatoms. The van der Waals surface area contributed by atoms with E-state index in [1.54, 1.807) is 0 Å². The molecule has 18 heavy (non-hydrogen) atoms. The van der Waals surface area contributed by atoms with Gasteiger partial charge in [-0.3, -0.25) is 0 Å². The Hall–Kier alpha value is -2.42. The number of carbonyl (C=O) groups is 1. The Morgan fingerprint density at radius 3 is 2.28 bits per heavy atom. The van der Waals surface area contributed by atoms with Gasteiger partial charge in [0.15, 0.2) is 0 Å². The fraction of sp³-hybridized carbons (Fsp3) is 0.0667. The maximum absolute atomic E-state index is 11.4. The van der Waals surface area contributed by atoms with Gasteiger partial charge in [-0.15, -0.1) is 0 Å². The average Bonchev–Trinajstić information content (AvgIpc) is 2.45. The minimum absolute atomic E-state index is 0.242. The minimum atomic E-state index is -0.581. The zero-order valence-electron chi connectivity index (χ0n) is 9.82. The normalized spacial score (nSPS) is 10.4. The zero-order valence-corrected chi connectivity index (χ0v) is 9.82. The molecule has 0 radical (unpaired) electrons. The first-order chi connectivity index (χ1) is 8.84. The van der Waals surface area contributed by atoms with Gasteiger partial charge in [0, 0.05) is 6.21 Å². The summed E-state index contributed by atoms with van der Waals surface area (Å²) >= 11 is 0. The average molecular weight is 239 g/mol. The van der Waals surface area contributed by atoms with Gasteiger partial charge in [-0.2, -0.15) is 4.99 Å². The van der Waals surface area contributed by atoms with Gasteiger partial charge in [0.1, 0.15) is 6.61 Å². The van der Waals surface area contributed by atoms with E-state index in [0.717, 1.165) is 11.1 Å². The Balaban J connectivity index is 1.84. The smallest absolute Gasteiger partial charge is 0.433 e. The van der Waals surface area contributed by atoms with Crippen molar-refractivity contribution in [3.05, 3.63) is 71.8 Å². The van der Waals surface area contributed by atoms with Crippen LogP contribution in [0.15, 0.2) is 65.7 Å². The number of hydrogen-bond donors (Lipinski definition) is 0. The van der Waals surface area contributed by atoms with Crippen molar-refractivity contribution < 1.29 is 9.53 Å². The van der Waals surface area contributed by atoms with Crippen molar-refractivity contribution in [3.63, 3.8) is 0 Å². The van der Waals surface area contributed by atoms with Crippen LogP contribution in [0.2, 0.25) is 0 Å². The molecule has 2 rings (SSSR count). The second-order valence-electron chi connectivity index (χ2n) is 3.71. The number of rotatable bonds is 3. The third kappa shape index (κ3) is 3.87. The number of amides is 1. The summed E-state index contributed by atoms with van der Waals surface area (Å²) in [6, 6.07) is 18.9. The van der Waals surface area contributed by atoms with Crippen LogP contribution in [0, 0.1) is 0 Å². The first-order valence-electron chi connectivity index (χ1n) is 5.64. The molecule has 2 aromatic carbocycles. The second kappa shape index (κ2) is 6.35. The van der Waals surface area contributed by atoms with Crippen LogP contribution >= 0.6 is 0 Å². The van der Waals surface area contributed by atoms with Gasteiger partial charge in [-0.1, -0.05) is 60.7 Å². The number of hydrogen-bond acceptors (Lipinski definition) is 2. The number of aliphatic imine (C=N–C) groups is 1. The van der Waals surface area contributed by atoms with Crippen molar-refractivity contribution in [1.29, 1.82) is 0 Å². The third-order valence-electron chi connectivity index (χ3n) is 2.32. The largest absolute Gasteiger partial charge is 0.443 e. The molecule has 0 spiro atoms. The predicted molar refractivity (Wildman–Crippen MR) is 70.7 cm³/mol. The van der Waals surface area contributed by atoms with Crippen LogP contribution in [0.3, 0.4) is 0 Å². The molecule has 2 aromatic rings. The van der Waals surface area contributed by atoms with Gasteiger partial charge in [0.25, 0.3) is 0 Å². The van der Waals surface area contributed by atoms with Gasteiger partial charge >= 0.3 is 6.09 Å². The highest BCUT2D eigenvalue weighted by molar-refractivity contribution is 5.88. The Labute approximate surface area is 106 Å². The second-order valence-corrected chi connectivity index (χ2v) is 3.71. The summed E-state index contributed by atoms with van der Waals surface area (Å²) in [6.07, 6.45) is 0.913. The number of benzene rings is 2. The lowest BCUT2D eigenvalue weighted by Gasteiger charge is -2.00. The van der Waals surface area contributed by atoms with E-state index in [9.17, 15) is 4.79 Å². The first kappa shape index (κ1) is 12.0. The summed E-state index contributed by atoms with van der Waals surface area (Å²) in [5.41, 5.74) is 1.81. The molecular formula is C15H13NO2. The zero-order chi connectivity index (χ0) is 12.6. The van der Waals surface area contributed by atoms with E-state index in [2.05, 4.69) is 4.99 Å². The Bertz CT molecular complexity index is 521. The molecule has 0 aliphatic rings. The molecule has 90 valence electrons. The van der Waals surface area contributed by atoms with Crippen molar-refractivity contribution in [3.8, 4) is 0 Å².